The van der Waals surface area contributed by atoms with Crippen molar-refractivity contribution >= 4 is 46.6 Å². The molecule has 1 atom stereocenters. The molecule has 160 valence electrons. The number of aromatic nitrogens is 2. The predicted molar refractivity (Wildman–Crippen MR) is 120 cm³/mol. The average Bonchev–Trinajstić information content (AvgIpc) is 3.20. The summed E-state index contributed by atoms with van der Waals surface area (Å²) in [7, 11) is 0. The Bertz CT molecular complexity index is 923. The summed E-state index contributed by atoms with van der Waals surface area (Å²) in [6, 6.07) is 13.2. The fourth-order valence-electron chi connectivity index (χ4n) is 2.49. The van der Waals surface area contributed by atoms with Gasteiger partial charge in [0.05, 0.1) is 23.5 Å². The maximum atomic E-state index is 8.25. The highest BCUT2D eigenvalue weighted by molar-refractivity contribution is 7.99. The third kappa shape index (κ3) is 8.81. The van der Waals surface area contributed by atoms with Gasteiger partial charge in [-0.15, -0.1) is 0 Å². The van der Waals surface area contributed by atoms with Crippen LogP contribution < -0.4 is 0 Å². The van der Waals surface area contributed by atoms with Crippen molar-refractivity contribution in [1.82, 2.24) is 9.55 Å². The zero-order valence-electron chi connectivity index (χ0n) is 15.5. The van der Waals surface area contributed by atoms with Crippen LogP contribution in [0.2, 0.25) is 15.1 Å². The van der Waals surface area contributed by atoms with E-state index in [0.717, 1.165) is 28.4 Å². The number of hydrogen-bond donors (Lipinski definition) is 0. The monoisotopic (exact) mass is 488 g/mol. The van der Waals surface area contributed by atoms with Gasteiger partial charge in [0, 0.05) is 38.9 Å². The van der Waals surface area contributed by atoms with Crippen molar-refractivity contribution in [2.24, 2.45) is 0 Å². The highest BCUT2D eigenvalue weighted by Crippen LogP contribution is 2.32. The van der Waals surface area contributed by atoms with E-state index in [1.807, 2.05) is 47.2 Å². The number of nitrogens with zero attached hydrogens (tertiary/aromatic N) is 3. The molecule has 0 radical (unpaired) electrons. The minimum absolute atomic E-state index is 0.137. The summed E-state index contributed by atoms with van der Waals surface area (Å²) in [5.41, 5.74) is 0.938. The van der Waals surface area contributed by atoms with E-state index in [0.29, 0.717) is 16.0 Å². The molecule has 0 amide bonds. The molecule has 30 heavy (non-hydrogen) atoms. The molecule has 11 heteroatoms. The van der Waals surface area contributed by atoms with E-state index in [-0.39, 0.29) is 6.10 Å². The highest BCUT2D eigenvalue weighted by atomic mass is 35.5. The van der Waals surface area contributed by atoms with E-state index in [9.17, 15) is 0 Å². The number of aryl methyl sites for hydroxylation is 1. The molecule has 0 aliphatic carbocycles. The van der Waals surface area contributed by atoms with Gasteiger partial charge in [0.1, 0.15) is 0 Å². The third-order valence-electron chi connectivity index (χ3n) is 3.83. The van der Waals surface area contributed by atoms with Crippen molar-refractivity contribution in [1.29, 1.82) is 0 Å². The van der Waals surface area contributed by atoms with Crippen LogP contribution in [-0.4, -0.2) is 20.6 Å². The molecule has 0 spiro atoms. The fraction of sp³-hybridized carbons (Fsp3) is 0.211. The number of benzene rings is 2. The van der Waals surface area contributed by atoms with Gasteiger partial charge in [0.2, 0.25) is 0 Å². The maximum Gasteiger partial charge on any atom is 0.0975 e. The Hall–Kier alpha value is -1.97. The Morgan fingerprint density at radius 1 is 1.10 bits per heavy atom. The smallest absolute Gasteiger partial charge is 0.0975 e. The van der Waals surface area contributed by atoms with E-state index in [2.05, 4.69) is 4.98 Å². The molecule has 1 aromatic heterocycles. The van der Waals surface area contributed by atoms with Crippen LogP contribution >= 0.6 is 46.6 Å². The Morgan fingerprint density at radius 2 is 1.77 bits per heavy atom. The first kappa shape index (κ1) is 24.3. The van der Waals surface area contributed by atoms with Gasteiger partial charge in [-0.05, 0) is 48.4 Å². The van der Waals surface area contributed by atoms with Crippen LogP contribution in [0, 0.1) is 15.3 Å². The van der Waals surface area contributed by atoms with Crippen LogP contribution in [0.5, 0.6) is 0 Å². The number of ether oxygens (including phenoxy) is 1. The second kappa shape index (κ2) is 12.7. The maximum absolute atomic E-state index is 8.25. The molecule has 3 rings (SSSR count). The van der Waals surface area contributed by atoms with E-state index >= 15 is 0 Å². The molecule has 1 heterocycles. The molecule has 0 bridgehead atoms. The minimum Gasteiger partial charge on any atom is -0.362 e. The van der Waals surface area contributed by atoms with Gasteiger partial charge in [0.15, 0.2) is 0 Å². The second-order valence-corrected chi connectivity index (χ2v) is 8.13. The summed E-state index contributed by atoms with van der Waals surface area (Å²) in [5, 5.41) is 16.7. The number of rotatable bonds is 8. The number of thioether (sulfide) groups is 1. The molecule has 0 saturated heterocycles. The lowest BCUT2D eigenvalue weighted by molar-refractivity contribution is -0.402. The predicted octanol–water partition coefficient (Wildman–Crippen LogP) is 6.50. The quantitative estimate of drug-likeness (QED) is 0.155. The Labute approximate surface area is 192 Å². The van der Waals surface area contributed by atoms with Crippen molar-refractivity contribution in [2.45, 2.75) is 24.0 Å². The molecular formula is C19H17Cl3N3O4S-. The minimum atomic E-state index is -1.75. The van der Waals surface area contributed by atoms with Crippen LogP contribution in [0.3, 0.4) is 0 Å². The van der Waals surface area contributed by atoms with Crippen molar-refractivity contribution in [3.63, 3.8) is 0 Å². The molecule has 0 fully saturated rings. The van der Waals surface area contributed by atoms with E-state index in [4.69, 9.17) is 54.9 Å². The van der Waals surface area contributed by atoms with Crippen molar-refractivity contribution in [3.05, 3.63) is 97.1 Å². The van der Waals surface area contributed by atoms with Gasteiger partial charge in [0.25, 0.3) is 0 Å². The van der Waals surface area contributed by atoms with E-state index in [1.54, 1.807) is 30.4 Å². The molecule has 7 nitrogen and oxygen atoms in total. The summed E-state index contributed by atoms with van der Waals surface area (Å²) >= 11 is 20.0. The molecule has 3 aromatic rings. The zero-order valence-corrected chi connectivity index (χ0v) is 18.6. The van der Waals surface area contributed by atoms with Crippen LogP contribution in [0.25, 0.3) is 0 Å². The van der Waals surface area contributed by atoms with E-state index < -0.39 is 5.09 Å². The number of halogens is 3. The van der Waals surface area contributed by atoms with Crippen LogP contribution in [-0.2, 0) is 11.3 Å². The van der Waals surface area contributed by atoms with Crippen molar-refractivity contribution in [3.8, 4) is 0 Å². The summed E-state index contributed by atoms with van der Waals surface area (Å²) < 4.78 is 8.17. The standard InChI is InChI=1S/C19H17Cl3N2OS.NO3/c20-14-1-4-16(5-2-14)26-13-25-19(7-9-24-10-8-23-12-24)17-6-3-15(21)11-18(17)22;2-1(3)4/h1-6,8,10-12,19H,7,9,13H2;/q;-1. The first-order chi connectivity index (χ1) is 14.3. The Kier molecular flexibility index (Phi) is 10.3. The molecule has 0 saturated carbocycles. The molecule has 0 aliphatic rings. The molecule has 2 aromatic carbocycles. The largest absolute Gasteiger partial charge is 0.362 e. The van der Waals surface area contributed by atoms with Gasteiger partial charge < -0.3 is 24.6 Å². The summed E-state index contributed by atoms with van der Waals surface area (Å²) in [5.74, 6) is 0.509. The van der Waals surface area contributed by atoms with Crippen LogP contribution in [0.1, 0.15) is 18.1 Å². The van der Waals surface area contributed by atoms with Gasteiger partial charge in [-0.3, -0.25) is 0 Å². The Balaban J connectivity index is 0.000000735. The SMILES string of the molecule is Clc1ccc(SCOC(CCn2ccnc2)c2ccc(Cl)cc2Cl)cc1.O=[N+]([O-])[O-]. The highest BCUT2D eigenvalue weighted by Gasteiger charge is 2.16. The average molecular weight is 490 g/mol. The molecule has 0 aliphatic heterocycles. The van der Waals surface area contributed by atoms with Gasteiger partial charge in [-0.25, -0.2) is 4.98 Å². The zero-order chi connectivity index (χ0) is 21.9. The van der Waals surface area contributed by atoms with Crippen molar-refractivity contribution in [2.75, 3.05) is 5.94 Å². The van der Waals surface area contributed by atoms with E-state index in [1.165, 1.54) is 0 Å². The van der Waals surface area contributed by atoms with Gasteiger partial charge >= 0.3 is 0 Å². The number of hydrogen-bond acceptors (Lipinski definition) is 6. The van der Waals surface area contributed by atoms with Crippen LogP contribution in [0.4, 0.5) is 0 Å². The fourth-order valence-corrected chi connectivity index (χ4v) is 3.84. The van der Waals surface area contributed by atoms with Gasteiger partial charge in [-0.1, -0.05) is 52.6 Å². The normalized spacial score (nSPS) is 11.4. The van der Waals surface area contributed by atoms with Gasteiger partial charge in [-0.2, -0.15) is 0 Å². The molecule has 0 N–H and O–H groups in total. The Morgan fingerprint density at radius 3 is 2.37 bits per heavy atom. The molecular weight excluding hydrogens is 473 g/mol. The lowest BCUT2D eigenvalue weighted by Crippen LogP contribution is -2.09. The van der Waals surface area contributed by atoms with Crippen LogP contribution in [0.15, 0.2) is 66.1 Å². The third-order valence-corrected chi connectivity index (χ3v) is 5.50. The lowest BCUT2D eigenvalue weighted by Gasteiger charge is -2.20. The van der Waals surface area contributed by atoms with Crippen molar-refractivity contribution < 1.29 is 9.82 Å². The lowest BCUT2D eigenvalue weighted by atomic mass is 10.1. The first-order valence-electron chi connectivity index (χ1n) is 8.57. The topological polar surface area (TPSA) is 93.2 Å². The summed E-state index contributed by atoms with van der Waals surface area (Å²) in [6.45, 7) is 0.787. The summed E-state index contributed by atoms with van der Waals surface area (Å²) in [4.78, 5) is 13.4. The number of imidazole rings is 1. The second-order valence-electron chi connectivity index (χ2n) is 5.85. The molecule has 1 unspecified atom stereocenters. The summed E-state index contributed by atoms with van der Waals surface area (Å²) in [6.07, 6.45) is 6.13. The first-order valence-corrected chi connectivity index (χ1v) is 10.7.